The van der Waals surface area contributed by atoms with Crippen LogP contribution in [0.5, 0.6) is 0 Å². The fourth-order valence-corrected chi connectivity index (χ4v) is 3.90. The molecule has 128 valence electrons. The molecule has 4 nitrogen and oxygen atoms in total. The van der Waals surface area contributed by atoms with Gasteiger partial charge in [-0.05, 0) is 65.0 Å². The molecule has 2 aromatic rings. The summed E-state index contributed by atoms with van der Waals surface area (Å²) in [5, 5.41) is 7.28. The largest absolute Gasteiger partial charge is 0.361 e. The molecule has 24 heavy (non-hydrogen) atoms. The number of fused-ring (bicyclic) bond motifs is 1. The Kier molecular flexibility index (Phi) is 4.24. The van der Waals surface area contributed by atoms with Crippen LogP contribution < -0.4 is 5.32 Å². The first-order chi connectivity index (χ1) is 11.3. The number of rotatable bonds is 3. The molecule has 1 aromatic carbocycles. The molecule has 4 heteroatoms. The van der Waals surface area contributed by atoms with Gasteiger partial charge in [-0.3, -0.25) is 4.79 Å². The number of carbonyl (C=O) groups is 1. The van der Waals surface area contributed by atoms with Crippen molar-refractivity contribution in [2.24, 2.45) is 0 Å². The molecule has 0 saturated carbocycles. The number of aryl methyl sites for hydroxylation is 4. The standard InChI is InChI=1S/C20H26N2O2/c1-12-9-10-15-7-6-8-17(16(15)11-12)21-19(23)20(4,5)18-13(2)22-24-14(18)3/h9-11,17H,6-8H2,1-5H3,(H,21,23)/t17-/m0/s1. The molecule has 0 bridgehead atoms. The minimum absolute atomic E-state index is 0.0243. The maximum atomic E-state index is 13.1. The van der Waals surface area contributed by atoms with Crippen molar-refractivity contribution in [1.29, 1.82) is 0 Å². The van der Waals surface area contributed by atoms with Crippen molar-refractivity contribution < 1.29 is 9.32 Å². The average molecular weight is 326 g/mol. The van der Waals surface area contributed by atoms with E-state index in [0.29, 0.717) is 5.76 Å². The molecule has 0 aliphatic heterocycles. The Hall–Kier alpha value is -2.10. The monoisotopic (exact) mass is 326 g/mol. The molecule has 1 N–H and O–H groups in total. The molecule has 1 aliphatic carbocycles. The van der Waals surface area contributed by atoms with Gasteiger partial charge in [-0.15, -0.1) is 0 Å². The summed E-state index contributed by atoms with van der Waals surface area (Å²) in [5.74, 6) is 0.740. The quantitative estimate of drug-likeness (QED) is 0.925. The van der Waals surface area contributed by atoms with Crippen LogP contribution in [0.2, 0.25) is 0 Å². The highest BCUT2D eigenvalue weighted by Crippen LogP contribution is 2.34. The summed E-state index contributed by atoms with van der Waals surface area (Å²) in [6.45, 7) is 9.73. The van der Waals surface area contributed by atoms with Gasteiger partial charge < -0.3 is 9.84 Å². The zero-order chi connectivity index (χ0) is 17.5. The summed E-state index contributed by atoms with van der Waals surface area (Å²) in [7, 11) is 0. The average Bonchev–Trinajstić information content (AvgIpc) is 2.87. The number of carbonyl (C=O) groups excluding carboxylic acids is 1. The highest BCUT2D eigenvalue weighted by molar-refractivity contribution is 5.88. The van der Waals surface area contributed by atoms with Crippen molar-refractivity contribution in [3.05, 3.63) is 51.9 Å². The third kappa shape index (κ3) is 2.85. The molecule has 1 atom stereocenters. The van der Waals surface area contributed by atoms with Crippen molar-refractivity contribution in [3.8, 4) is 0 Å². The smallest absolute Gasteiger partial charge is 0.230 e. The number of nitrogens with one attached hydrogen (secondary N) is 1. The molecule has 0 unspecified atom stereocenters. The number of amides is 1. The van der Waals surface area contributed by atoms with Crippen LogP contribution in [0.1, 0.15) is 66.4 Å². The van der Waals surface area contributed by atoms with E-state index >= 15 is 0 Å². The van der Waals surface area contributed by atoms with Crippen LogP contribution in [-0.4, -0.2) is 11.1 Å². The Labute approximate surface area is 143 Å². The summed E-state index contributed by atoms with van der Waals surface area (Å²) in [5.41, 5.74) is 4.86. The first-order valence-electron chi connectivity index (χ1n) is 8.64. The van der Waals surface area contributed by atoms with E-state index in [0.717, 1.165) is 30.5 Å². The molecule has 1 aliphatic rings. The fourth-order valence-electron chi connectivity index (χ4n) is 3.90. The molecule has 1 heterocycles. The summed E-state index contributed by atoms with van der Waals surface area (Å²) in [4.78, 5) is 13.1. The van der Waals surface area contributed by atoms with E-state index in [-0.39, 0.29) is 11.9 Å². The van der Waals surface area contributed by atoms with Gasteiger partial charge in [0.1, 0.15) is 5.76 Å². The van der Waals surface area contributed by atoms with Crippen molar-refractivity contribution in [2.45, 2.75) is 65.3 Å². The lowest BCUT2D eigenvalue weighted by atomic mass is 9.81. The minimum atomic E-state index is -0.671. The Morgan fingerprint density at radius 2 is 2.04 bits per heavy atom. The number of hydrogen-bond donors (Lipinski definition) is 1. The Balaban J connectivity index is 1.87. The molecule has 1 amide bonds. The maximum absolute atomic E-state index is 13.1. The van der Waals surface area contributed by atoms with Gasteiger partial charge in [0, 0.05) is 5.56 Å². The van der Waals surface area contributed by atoms with E-state index in [4.69, 9.17) is 4.52 Å². The van der Waals surface area contributed by atoms with E-state index in [9.17, 15) is 4.79 Å². The van der Waals surface area contributed by atoms with Crippen LogP contribution in [0.4, 0.5) is 0 Å². The number of hydrogen-bond acceptors (Lipinski definition) is 3. The van der Waals surface area contributed by atoms with Gasteiger partial charge in [0.25, 0.3) is 0 Å². The van der Waals surface area contributed by atoms with Crippen molar-refractivity contribution in [3.63, 3.8) is 0 Å². The third-order valence-corrected chi connectivity index (χ3v) is 5.15. The van der Waals surface area contributed by atoms with E-state index in [2.05, 4.69) is 35.6 Å². The topological polar surface area (TPSA) is 55.1 Å². The lowest BCUT2D eigenvalue weighted by Gasteiger charge is -2.31. The van der Waals surface area contributed by atoms with Crippen LogP contribution in [0.3, 0.4) is 0 Å². The van der Waals surface area contributed by atoms with Crippen LogP contribution in [0, 0.1) is 20.8 Å². The number of benzene rings is 1. The number of aromatic nitrogens is 1. The summed E-state index contributed by atoms with van der Waals surface area (Å²) in [6, 6.07) is 6.64. The first kappa shape index (κ1) is 16.7. The fraction of sp³-hybridized carbons (Fsp3) is 0.500. The summed E-state index contributed by atoms with van der Waals surface area (Å²) in [6.07, 6.45) is 3.18. The van der Waals surface area contributed by atoms with Gasteiger partial charge in [0.2, 0.25) is 5.91 Å². The normalized spacial score (nSPS) is 17.5. The molecule has 0 fully saturated rings. The van der Waals surface area contributed by atoms with Gasteiger partial charge in [-0.1, -0.05) is 28.9 Å². The second-order valence-corrected chi connectivity index (χ2v) is 7.44. The van der Waals surface area contributed by atoms with E-state index in [1.165, 1.54) is 16.7 Å². The summed E-state index contributed by atoms with van der Waals surface area (Å²) >= 11 is 0. The van der Waals surface area contributed by atoms with E-state index < -0.39 is 5.41 Å². The van der Waals surface area contributed by atoms with Gasteiger partial charge in [0.05, 0.1) is 17.2 Å². The molecule has 0 radical (unpaired) electrons. The Bertz CT molecular complexity index is 754. The molecular formula is C20H26N2O2. The van der Waals surface area contributed by atoms with Crippen LogP contribution in [0.25, 0.3) is 0 Å². The predicted octanol–water partition coefficient (Wildman–Crippen LogP) is 4.07. The zero-order valence-corrected chi connectivity index (χ0v) is 15.2. The Morgan fingerprint density at radius 3 is 2.71 bits per heavy atom. The van der Waals surface area contributed by atoms with Crippen LogP contribution in [-0.2, 0) is 16.6 Å². The first-order valence-corrected chi connectivity index (χ1v) is 8.64. The number of nitrogens with zero attached hydrogens (tertiary/aromatic N) is 1. The third-order valence-electron chi connectivity index (χ3n) is 5.15. The second-order valence-electron chi connectivity index (χ2n) is 7.44. The van der Waals surface area contributed by atoms with Crippen LogP contribution in [0.15, 0.2) is 22.7 Å². The molecule has 1 aromatic heterocycles. The summed E-state index contributed by atoms with van der Waals surface area (Å²) < 4.78 is 5.26. The van der Waals surface area contributed by atoms with Crippen molar-refractivity contribution in [1.82, 2.24) is 10.5 Å². The van der Waals surface area contributed by atoms with Gasteiger partial charge >= 0.3 is 0 Å². The lowest BCUT2D eigenvalue weighted by molar-refractivity contribution is -0.126. The molecular weight excluding hydrogens is 300 g/mol. The predicted molar refractivity (Wildman–Crippen MR) is 94.0 cm³/mol. The van der Waals surface area contributed by atoms with E-state index in [1.54, 1.807) is 0 Å². The maximum Gasteiger partial charge on any atom is 0.230 e. The van der Waals surface area contributed by atoms with Crippen LogP contribution >= 0.6 is 0 Å². The Morgan fingerprint density at radius 1 is 1.29 bits per heavy atom. The highest BCUT2D eigenvalue weighted by Gasteiger charge is 2.37. The lowest BCUT2D eigenvalue weighted by Crippen LogP contribution is -2.43. The van der Waals surface area contributed by atoms with E-state index in [1.807, 2.05) is 27.7 Å². The zero-order valence-electron chi connectivity index (χ0n) is 15.2. The highest BCUT2D eigenvalue weighted by atomic mass is 16.5. The minimum Gasteiger partial charge on any atom is -0.361 e. The molecule has 0 spiro atoms. The van der Waals surface area contributed by atoms with Crippen molar-refractivity contribution in [2.75, 3.05) is 0 Å². The molecule has 3 rings (SSSR count). The van der Waals surface area contributed by atoms with Crippen molar-refractivity contribution >= 4 is 5.91 Å². The SMILES string of the molecule is Cc1ccc2c(c1)[C@@H](NC(=O)C(C)(C)c1c(C)noc1C)CCC2. The van der Waals surface area contributed by atoms with Gasteiger partial charge in [-0.25, -0.2) is 0 Å². The van der Waals surface area contributed by atoms with Gasteiger partial charge in [0.15, 0.2) is 0 Å². The molecule has 0 saturated heterocycles. The van der Waals surface area contributed by atoms with Gasteiger partial charge in [-0.2, -0.15) is 0 Å². The second kappa shape index (κ2) is 6.08.